The second-order valence-corrected chi connectivity index (χ2v) is 8.70. The normalized spacial score (nSPS) is 16.0. The van der Waals surface area contributed by atoms with E-state index in [9.17, 15) is 13.2 Å². The van der Waals surface area contributed by atoms with Crippen LogP contribution in [0.15, 0.2) is 47.4 Å². The number of nitrogens with one attached hydrogen (secondary N) is 1. The number of hydrogen-bond donors (Lipinski definition) is 1. The topological polar surface area (TPSA) is 84.9 Å². The zero-order valence-corrected chi connectivity index (χ0v) is 17.7. The van der Waals surface area contributed by atoms with Gasteiger partial charge in [0.15, 0.2) is 0 Å². The first-order valence-corrected chi connectivity index (χ1v) is 11.1. The van der Waals surface area contributed by atoms with Crippen molar-refractivity contribution >= 4 is 27.3 Å². The molecule has 0 bridgehead atoms. The molecule has 0 spiro atoms. The summed E-state index contributed by atoms with van der Waals surface area (Å²) in [6.07, 6.45) is 1.85. The number of sulfonamides is 1. The van der Waals surface area contributed by atoms with Crippen LogP contribution in [0, 0.1) is 0 Å². The summed E-state index contributed by atoms with van der Waals surface area (Å²) in [4.78, 5) is 13.6. The summed E-state index contributed by atoms with van der Waals surface area (Å²) >= 11 is 0. The van der Waals surface area contributed by atoms with E-state index in [1.54, 1.807) is 30.3 Å². The van der Waals surface area contributed by atoms with Gasteiger partial charge in [0.1, 0.15) is 17.6 Å². The summed E-state index contributed by atoms with van der Waals surface area (Å²) < 4.78 is 39.6. The van der Waals surface area contributed by atoms with Gasteiger partial charge in [-0.3, -0.25) is 9.52 Å². The number of hydrogen-bond acceptors (Lipinski definition) is 5. The van der Waals surface area contributed by atoms with Gasteiger partial charge in [0.2, 0.25) is 5.91 Å². The number of carbonyl (C=O) groups excluding carboxylic acids is 1. The Kier molecular flexibility index (Phi) is 6.32. The zero-order valence-electron chi connectivity index (χ0n) is 16.8. The van der Waals surface area contributed by atoms with Crippen molar-refractivity contribution in [2.24, 2.45) is 0 Å². The molecule has 3 rings (SSSR count). The lowest BCUT2D eigenvalue weighted by Gasteiger charge is -2.33. The molecule has 0 aliphatic carbocycles. The van der Waals surface area contributed by atoms with Gasteiger partial charge in [0.05, 0.1) is 23.7 Å². The number of rotatable bonds is 7. The first-order valence-electron chi connectivity index (χ1n) is 9.64. The third-order valence-corrected chi connectivity index (χ3v) is 5.93. The van der Waals surface area contributed by atoms with Crippen LogP contribution in [0.4, 0.5) is 11.4 Å². The van der Waals surface area contributed by atoms with Crippen molar-refractivity contribution in [2.45, 2.75) is 44.6 Å². The summed E-state index contributed by atoms with van der Waals surface area (Å²) in [5.74, 6) is 1.02. The number of nitrogens with zero attached hydrogens (tertiary/aromatic N) is 1. The van der Waals surface area contributed by atoms with Crippen LogP contribution in [0.5, 0.6) is 11.5 Å². The molecule has 1 unspecified atom stereocenters. The summed E-state index contributed by atoms with van der Waals surface area (Å²) in [7, 11) is -3.83. The van der Waals surface area contributed by atoms with Crippen LogP contribution in [-0.4, -0.2) is 33.6 Å². The van der Waals surface area contributed by atoms with Gasteiger partial charge in [0, 0.05) is 12.6 Å². The molecule has 7 nitrogen and oxygen atoms in total. The predicted molar refractivity (Wildman–Crippen MR) is 112 cm³/mol. The minimum absolute atomic E-state index is 0.0592. The Morgan fingerprint density at radius 1 is 1.24 bits per heavy atom. The Bertz CT molecular complexity index is 973. The van der Waals surface area contributed by atoms with Crippen LogP contribution in [-0.2, 0) is 14.8 Å². The average Bonchev–Trinajstić information content (AvgIpc) is 2.68. The monoisotopic (exact) mass is 418 g/mol. The number of amides is 1. The SMILES string of the molecule is CCCCOc1ccc(NS(=O)(=O)c2ccc3c(c2)N(C(C)=O)CC(C)O3)cc1. The fourth-order valence-corrected chi connectivity index (χ4v) is 4.13. The zero-order chi connectivity index (χ0) is 21.0. The van der Waals surface area contributed by atoms with Crippen LogP contribution >= 0.6 is 0 Å². The minimum Gasteiger partial charge on any atom is -0.494 e. The van der Waals surface area contributed by atoms with Gasteiger partial charge in [0.25, 0.3) is 10.0 Å². The molecule has 2 aromatic carbocycles. The van der Waals surface area contributed by atoms with E-state index in [-0.39, 0.29) is 16.9 Å². The number of unbranched alkanes of at least 4 members (excludes halogenated alkanes) is 1. The lowest BCUT2D eigenvalue weighted by atomic mass is 10.2. The minimum atomic E-state index is -3.83. The molecule has 1 amide bonds. The van der Waals surface area contributed by atoms with Crippen molar-refractivity contribution in [1.82, 2.24) is 0 Å². The number of fused-ring (bicyclic) bond motifs is 1. The van der Waals surface area contributed by atoms with Crippen LogP contribution in [0.1, 0.15) is 33.6 Å². The molecule has 156 valence electrons. The Balaban J connectivity index is 1.79. The van der Waals surface area contributed by atoms with Gasteiger partial charge in [-0.2, -0.15) is 0 Å². The molecule has 1 heterocycles. The van der Waals surface area contributed by atoms with Crippen LogP contribution < -0.4 is 19.1 Å². The molecule has 0 saturated carbocycles. The fourth-order valence-electron chi connectivity index (χ4n) is 3.05. The van der Waals surface area contributed by atoms with Crippen LogP contribution in [0.3, 0.4) is 0 Å². The van der Waals surface area contributed by atoms with Gasteiger partial charge in [-0.15, -0.1) is 0 Å². The molecular formula is C21H26N2O5S. The molecule has 0 aromatic heterocycles. The number of carbonyl (C=O) groups is 1. The van der Waals surface area contributed by atoms with E-state index < -0.39 is 10.0 Å². The maximum absolute atomic E-state index is 12.8. The molecule has 2 aromatic rings. The molecule has 1 N–H and O–H groups in total. The van der Waals surface area contributed by atoms with E-state index >= 15 is 0 Å². The van der Waals surface area contributed by atoms with Crippen molar-refractivity contribution in [1.29, 1.82) is 0 Å². The molecule has 1 atom stereocenters. The Morgan fingerprint density at radius 3 is 2.62 bits per heavy atom. The summed E-state index contributed by atoms with van der Waals surface area (Å²) in [6.45, 7) is 6.40. The quantitative estimate of drug-likeness (QED) is 0.692. The van der Waals surface area contributed by atoms with Crippen molar-refractivity contribution in [3.63, 3.8) is 0 Å². The van der Waals surface area contributed by atoms with Gasteiger partial charge >= 0.3 is 0 Å². The van der Waals surface area contributed by atoms with Gasteiger partial charge in [-0.25, -0.2) is 8.42 Å². The van der Waals surface area contributed by atoms with Gasteiger partial charge in [-0.05, 0) is 55.8 Å². The highest BCUT2D eigenvalue weighted by atomic mass is 32.2. The highest BCUT2D eigenvalue weighted by Crippen LogP contribution is 2.36. The third-order valence-electron chi connectivity index (χ3n) is 4.55. The Morgan fingerprint density at radius 2 is 1.97 bits per heavy atom. The van der Waals surface area contributed by atoms with E-state index in [0.29, 0.717) is 36.0 Å². The maximum atomic E-state index is 12.8. The first kappa shape index (κ1) is 21.0. The van der Waals surface area contributed by atoms with E-state index in [1.165, 1.54) is 24.0 Å². The lowest BCUT2D eigenvalue weighted by molar-refractivity contribution is -0.117. The summed E-state index contributed by atoms with van der Waals surface area (Å²) in [6, 6.07) is 11.3. The largest absolute Gasteiger partial charge is 0.494 e. The fraction of sp³-hybridized carbons (Fsp3) is 0.381. The molecule has 1 aliphatic heterocycles. The van der Waals surface area contributed by atoms with Gasteiger partial charge in [-0.1, -0.05) is 13.3 Å². The van der Waals surface area contributed by atoms with Crippen LogP contribution in [0.2, 0.25) is 0 Å². The van der Waals surface area contributed by atoms with Crippen molar-refractivity contribution in [3.8, 4) is 11.5 Å². The second-order valence-electron chi connectivity index (χ2n) is 7.02. The standard InChI is InChI=1S/C21H26N2O5S/c1-4-5-12-27-18-8-6-17(7-9-18)22-29(25,26)19-10-11-21-20(13-19)23(16(3)24)14-15(2)28-21/h6-11,13,15,22H,4-5,12,14H2,1-3H3. The van der Waals surface area contributed by atoms with Gasteiger partial charge < -0.3 is 14.4 Å². The lowest BCUT2D eigenvalue weighted by Crippen LogP contribution is -2.41. The van der Waals surface area contributed by atoms with Crippen LogP contribution in [0.25, 0.3) is 0 Å². The smallest absolute Gasteiger partial charge is 0.261 e. The number of anilines is 2. The molecule has 29 heavy (non-hydrogen) atoms. The molecule has 8 heteroatoms. The number of ether oxygens (including phenoxy) is 2. The molecule has 0 radical (unpaired) electrons. The third kappa shape index (κ3) is 5.00. The average molecular weight is 419 g/mol. The van der Waals surface area contributed by atoms with Crippen molar-refractivity contribution in [3.05, 3.63) is 42.5 Å². The molecular weight excluding hydrogens is 392 g/mol. The van der Waals surface area contributed by atoms with E-state index in [1.807, 2.05) is 6.92 Å². The summed E-state index contributed by atoms with van der Waals surface area (Å²) in [5.41, 5.74) is 0.886. The second kappa shape index (κ2) is 8.73. The van der Waals surface area contributed by atoms with Crippen molar-refractivity contribution in [2.75, 3.05) is 22.8 Å². The summed E-state index contributed by atoms with van der Waals surface area (Å²) in [5, 5.41) is 0. The Hall–Kier alpha value is -2.74. The maximum Gasteiger partial charge on any atom is 0.261 e. The molecule has 0 fully saturated rings. The van der Waals surface area contributed by atoms with Crippen molar-refractivity contribution < 1.29 is 22.7 Å². The van der Waals surface area contributed by atoms with E-state index in [4.69, 9.17) is 9.47 Å². The highest BCUT2D eigenvalue weighted by molar-refractivity contribution is 7.92. The molecule has 1 aliphatic rings. The number of benzene rings is 2. The molecule has 0 saturated heterocycles. The van der Waals surface area contributed by atoms with E-state index in [0.717, 1.165) is 12.8 Å². The van der Waals surface area contributed by atoms with E-state index in [2.05, 4.69) is 11.6 Å². The predicted octanol–water partition coefficient (Wildman–Crippen LogP) is 3.80. The first-order chi connectivity index (χ1) is 13.8. The highest BCUT2D eigenvalue weighted by Gasteiger charge is 2.27. The Labute approximate surface area is 171 Å².